The number of fused-ring (bicyclic) bond motifs is 1. The van der Waals surface area contributed by atoms with Crippen molar-refractivity contribution in [3.05, 3.63) is 70.7 Å². The first kappa shape index (κ1) is 19.7. The number of rotatable bonds is 7. The van der Waals surface area contributed by atoms with Crippen molar-refractivity contribution in [3.63, 3.8) is 0 Å². The molecule has 0 unspecified atom stereocenters. The third-order valence-corrected chi connectivity index (χ3v) is 5.93. The second kappa shape index (κ2) is 8.43. The number of nitrogens with zero attached hydrogens (tertiary/aromatic N) is 3. The van der Waals surface area contributed by atoms with Crippen molar-refractivity contribution >= 4 is 33.8 Å². The zero-order valence-electron chi connectivity index (χ0n) is 16.3. The Morgan fingerprint density at radius 3 is 2.76 bits per heavy atom. The molecule has 3 aromatic heterocycles. The molecule has 0 aliphatic heterocycles. The number of carbonyl (C=O) groups excluding carboxylic acids is 1. The van der Waals surface area contributed by atoms with Crippen LogP contribution in [0.1, 0.15) is 25.3 Å². The van der Waals surface area contributed by atoms with Gasteiger partial charge in [-0.15, -0.1) is 11.3 Å². The van der Waals surface area contributed by atoms with Crippen molar-refractivity contribution in [1.82, 2.24) is 14.3 Å². The number of amides is 1. The number of aromatic nitrogens is 2. The van der Waals surface area contributed by atoms with Crippen LogP contribution in [0.15, 0.2) is 58.7 Å². The van der Waals surface area contributed by atoms with Crippen molar-refractivity contribution in [3.8, 4) is 11.3 Å². The molecular weight excluding hydrogens is 406 g/mol. The highest BCUT2D eigenvalue weighted by Crippen LogP contribution is 2.25. The highest BCUT2D eigenvalue weighted by Gasteiger charge is 2.19. The van der Waals surface area contributed by atoms with Gasteiger partial charge in [-0.05, 0) is 24.3 Å². The van der Waals surface area contributed by atoms with E-state index in [1.54, 1.807) is 17.6 Å². The van der Waals surface area contributed by atoms with Crippen molar-refractivity contribution in [2.45, 2.75) is 26.8 Å². The van der Waals surface area contributed by atoms with Gasteiger partial charge in [-0.25, -0.2) is 4.98 Å². The molecule has 0 atom stereocenters. The fourth-order valence-corrected chi connectivity index (χ4v) is 4.27. The minimum absolute atomic E-state index is 0.0581. The highest BCUT2D eigenvalue weighted by atomic mass is 35.5. The van der Waals surface area contributed by atoms with Gasteiger partial charge in [0.1, 0.15) is 5.76 Å². The Labute approximate surface area is 178 Å². The molecule has 0 aliphatic carbocycles. The molecule has 0 bridgehead atoms. The quantitative estimate of drug-likeness (QED) is 0.389. The lowest BCUT2D eigenvalue weighted by Gasteiger charge is -2.23. The number of imidazole rings is 1. The van der Waals surface area contributed by atoms with E-state index in [2.05, 4.69) is 9.78 Å². The number of carbonyl (C=O) groups is 1. The molecule has 150 valence electrons. The van der Waals surface area contributed by atoms with Crippen LogP contribution >= 0.6 is 22.9 Å². The van der Waals surface area contributed by atoms with Gasteiger partial charge in [-0.1, -0.05) is 37.6 Å². The van der Waals surface area contributed by atoms with Gasteiger partial charge in [0.05, 0.1) is 18.5 Å². The molecule has 0 spiro atoms. The molecule has 4 aromatic rings. The van der Waals surface area contributed by atoms with Gasteiger partial charge in [0.25, 0.3) is 0 Å². The second-order valence-corrected chi connectivity index (χ2v) is 8.53. The molecule has 1 aromatic carbocycles. The highest BCUT2D eigenvalue weighted by molar-refractivity contribution is 7.15. The van der Waals surface area contributed by atoms with E-state index < -0.39 is 0 Å². The molecule has 0 saturated heterocycles. The van der Waals surface area contributed by atoms with Crippen LogP contribution in [-0.2, 0) is 17.8 Å². The number of hydrogen-bond donors (Lipinski definition) is 0. The first-order chi connectivity index (χ1) is 14.0. The number of furan rings is 1. The molecule has 29 heavy (non-hydrogen) atoms. The molecule has 5 nitrogen and oxygen atoms in total. The summed E-state index contributed by atoms with van der Waals surface area (Å²) in [6.45, 7) is 4.96. The van der Waals surface area contributed by atoms with Gasteiger partial charge in [0.15, 0.2) is 4.96 Å². The summed E-state index contributed by atoms with van der Waals surface area (Å²) in [5.74, 6) is 0.861. The zero-order chi connectivity index (χ0) is 20.4. The van der Waals surface area contributed by atoms with Gasteiger partial charge < -0.3 is 9.32 Å². The van der Waals surface area contributed by atoms with Crippen LogP contribution in [0.3, 0.4) is 0 Å². The first-order valence-corrected chi connectivity index (χ1v) is 10.8. The van der Waals surface area contributed by atoms with Crippen molar-refractivity contribution in [1.29, 1.82) is 0 Å². The molecule has 4 rings (SSSR count). The molecule has 0 saturated carbocycles. The minimum atomic E-state index is -0.0581. The Morgan fingerprint density at radius 1 is 1.28 bits per heavy atom. The van der Waals surface area contributed by atoms with Crippen molar-refractivity contribution in [2.75, 3.05) is 6.54 Å². The van der Waals surface area contributed by atoms with E-state index in [1.807, 2.05) is 61.3 Å². The standard InChI is InChI=1S/C22H22ClN3O2S/c1-15(2)21(27)25(12-19-4-3-11-28-19)10-9-18-14-29-22-24-20(13-26(18)22)16-5-7-17(23)8-6-16/h3-8,11,13-15H,9-10,12H2,1-2H3. The fourth-order valence-electron chi connectivity index (χ4n) is 3.24. The number of thiazole rings is 1. The monoisotopic (exact) mass is 427 g/mol. The predicted molar refractivity (Wildman–Crippen MR) is 116 cm³/mol. The lowest BCUT2D eigenvalue weighted by molar-refractivity contribution is -0.135. The van der Waals surface area contributed by atoms with Crippen LogP contribution in [0.2, 0.25) is 5.02 Å². The SMILES string of the molecule is CC(C)C(=O)N(CCc1csc2nc(-c3ccc(Cl)cc3)cn12)Cc1ccco1. The number of hydrogen-bond acceptors (Lipinski definition) is 4. The normalized spacial score (nSPS) is 11.4. The first-order valence-electron chi connectivity index (χ1n) is 9.54. The Bertz CT molecular complexity index is 1100. The zero-order valence-corrected chi connectivity index (χ0v) is 17.9. The van der Waals surface area contributed by atoms with E-state index in [1.165, 1.54) is 0 Å². The van der Waals surface area contributed by atoms with E-state index in [-0.39, 0.29) is 11.8 Å². The van der Waals surface area contributed by atoms with Gasteiger partial charge >= 0.3 is 0 Å². The van der Waals surface area contributed by atoms with Crippen molar-refractivity contribution < 1.29 is 9.21 Å². The summed E-state index contributed by atoms with van der Waals surface area (Å²) >= 11 is 7.60. The minimum Gasteiger partial charge on any atom is -0.467 e. The molecule has 3 heterocycles. The predicted octanol–water partition coefficient (Wildman–Crippen LogP) is 5.54. The van der Waals surface area contributed by atoms with Crippen molar-refractivity contribution in [2.24, 2.45) is 5.92 Å². The maximum absolute atomic E-state index is 12.7. The second-order valence-electron chi connectivity index (χ2n) is 7.26. The summed E-state index contributed by atoms with van der Waals surface area (Å²) in [7, 11) is 0. The molecule has 0 fully saturated rings. The molecule has 0 aliphatic rings. The van der Waals surface area contributed by atoms with E-state index in [4.69, 9.17) is 21.0 Å². The van der Waals surface area contributed by atoms with Gasteiger partial charge in [-0.3, -0.25) is 9.20 Å². The average molecular weight is 428 g/mol. The number of benzene rings is 1. The summed E-state index contributed by atoms with van der Waals surface area (Å²) < 4.78 is 7.56. The third kappa shape index (κ3) is 4.38. The van der Waals surface area contributed by atoms with Crippen LogP contribution in [0.25, 0.3) is 16.2 Å². The summed E-state index contributed by atoms with van der Waals surface area (Å²) in [5, 5.41) is 2.82. The Kier molecular flexibility index (Phi) is 5.74. The summed E-state index contributed by atoms with van der Waals surface area (Å²) in [5.41, 5.74) is 3.09. The molecular formula is C22H22ClN3O2S. The van der Waals surface area contributed by atoms with E-state index in [0.29, 0.717) is 18.1 Å². The van der Waals surface area contributed by atoms with Crippen LogP contribution in [-0.4, -0.2) is 26.7 Å². The third-order valence-electron chi connectivity index (χ3n) is 4.79. The lowest BCUT2D eigenvalue weighted by Crippen LogP contribution is -2.35. The van der Waals surface area contributed by atoms with Crippen LogP contribution < -0.4 is 0 Å². The van der Waals surface area contributed by atoms with Gasteiger partial charge in [0.2, 0.25) is 5.91 Å². The Balaban J connectivity index is 1.53. The Hall–Kier alpha value is -2.57. The van der Waals surface area contributed by atoms with E-state index >= 15 is 0 Å². The maximum atomic E-state index is 12.7. The van der Waals surface area contributed by atoms with Gasteiger partial charge in [-0.2, -0.15) is 0 Å². The lowest BCUT2D eigenvalue weighted by atomic mass is 10.1. The molecule has 0 radical (unpaired) electrons. The molecule has 0 N–H and O–H groups in total. The molecule has 1 amide bonds. The summed E-state index contributed by atoms with van der Waals surface area (Å²) in [4.78, 5) is 20.2. The maximum Gasteiger partial charge on any atom is 0.225 e. The summed E-state index contributed by atoms with van der Waals surface area (Å²) in [6, 6.07) is 11.4. The smallest absolute Gasteiger partial charge is 0.225 e. The molecule has 7 heteroatoms. The fraction of sp³-hybridized carbons (Fsp3) is 0.273. The average Bonchev–Trinajstić information content (AvgIpc) is 3.43. The largest absolute Gasteiger partial charge is 0.467 e. The number of halogens is 1. The van der Waals surface area contributed by atoms with Crippen LogP contribution in [0, 0.1) is 5.92 Å². The summed E-state index contributed by atoms with van der Waals surface area (Å²) in [6.07, 6.45) is 4.43. The topological polar surface area (TPSA) is 50.8 Å². The van der Waals surface area contributed by atoms with Crippen LogP contribution in [0.4, 0.5) is 0 Å². The Morgan fingerprint density at radius 2 is 2.07 bits per heavy atom. The van der Waals surface area contributed by atoms with E-state index in [0.717, 1.165) is 34.1 Å². The van der Waals surface area contributed by atoms with E-state index in [9.17, 15) is 4.79 Å². The van der Waals surface area contributed by atoms with Crippen LogP contribution in [0.5, 0.6) is 0 Å². The van der Waals surface area contributed by atoms with Gasteiger partial charge in [0, 0.05) is 46.7 Å².